The van der Waals surface area contributed by atoms with Crippen LogP contribution >= 0.6 is 11.3 Å². The zero-order chi connectivity index (χ0) is 15.4. The second-order valence-corrected chi connectivity index (χ2v) is 5.94. The number of hydrogen-bond acceptors (Lipinski definition) is 6. The number of hydrogen-bond donors (Lipinski definition) is 1. The molecule has 0 aliphatic rings. The minimum Gasteiger partial charge on any atom is -0.495 e. The standard InChI is InChI=1S/C15H21N3O2S/c1-10-6-7-12(19-4)11(8-10)16-9-13-14(20-5)17-15(21-13)18(2)3/h6-8,16H,9H2,1-5H3. The van der Waals surface area contributed by atoms with Crippen LogP contribution in [0, 0.1) is 6.92 Å². The van der Waals surface area contributed by atoms with Crippen molar-refractivity contribution in [3.8, 4) is 11.6 Å². The Hall–Kier alpha value is -1.95. The number of thiazole rings is 1. The van der Waals surface area contributed by atoms with E-state index >= 15 is 0 Å². The second-order valence-electron chi connectivity index (χ2n) is 4.88. The molecule has 0 aliphatic carbocycles. The molecule has 1 aromatic heterocycles. The van der Waals surface area contributed by atoms with Crippen LogP contribution in [-0.4, -0.2) is 33.3 Å². The fourth-order valence-electron chi connectivity index (χ4n) is 1.92. The molecule has 1 heterocycles. The van der Waals surface area contributed by atoms with Crippen LogP contribution in [0.1, 0.15) is 10.4 Å². The lowest BCUT2D eigenvalue weighted by Gasteiger charge is -2.11. The summed E-state index contributed by atoms with van der Waals surface area (Å²) in [7, 11) is 7.26. The molecule has 6 heteroatoms. The van der Waals surface area contributed by atoms with Gasteiger partial charge in [-0.05, 0) is 24.6 Å². The quantitative estimate of drug-likeness (QED) is 0.888. The first-order valence-corrected chi connectivity index (χ1v) is 7.46. The Labute approximate surface area is 129 Å². The SMILES string of the molecule is COc1ccc(C)cc1NCc1sc(N(C)C)nc1OC. The predicted octanol–water partition coefficient (Wildman–Crippen LogP) is 3.15. The molecule has 1 aromatic carbocycles. The maximum atomic E-state index is 5.37. The fraction of sp³-hybridized carbons (Fsp3) is 0.400. The highest BCUT2D eigenvalue weighted by molar-refractivity contribution is 7.15. The van der Waals surface area contributed by atoms with Crippen LogP contribution in [0.2, 0.25) is 0 Å². The Balaban J connectivity index is 2.18. The van der Waals surface area contributed by atoms with E-state index in [9.17, 15) is 0 Å². The average molecular weight is 307 g/mol. The first kappa shape index (κ1) is 15.4. The summed E-state index contributed by atoms with van der Waals surface area (Å²) in [6, 6.07) is 6.06. The molecule has 0 radical (unpaired) electrons. The van der Waals surface area contributed by atoms with E-state index in [0.29, 0.717) is 12.4 Å². The smallest absolute Gasteiger partial charge is 0.231 e. The lowest BCUT2D eigenvalue weighted by atomic mass is 10.2. The van der Waals surface area contributed by atoms with Gasteiger partial charge in [0.25, 0.3) is 0 Å². The molecule has 0 amide bonds. The van der Waals surface area contributed by atoms with Gasteiger partial charge in [-0.25, -0.2) is 0 Å². The molecular formula is C15H21N3O2S. The van der Waals surface area contributed by atoms with Gasteiger partial charge in [0.05, 0.1) is 31.3 Å². The molecule has 1 N–H and O–H groups in total. The van der Waals surface area contributed by atoms with E-state index in [-0.39, 0.29) is 0 Å². The molecule has 21 heavy (non-hydrogen) atoms. The molecule has 0 spiro atoms. The highest BCUT2D eigenvalue weighted by Gasteiger charge is 2.13. The van der Waals surface area contributed by atoms with Gasteiger partial charge >= 0.3 is 0 Å². The number of aromatic nitrogens is 1. The third-order valence-electron chi connectivity index (χ3n) is 3.02. The highest BCUT2D eigenvalue weighted by atomic mass is 32.1. The fourth-order valence-corrected chi connectivity index (χ4v) is 2.82. The number of aryl methyl sites for hydroxylation is 1. The second kappa shape index (κ2) is 6.67. The van der Waals surface area contributed by atoms with E-state index in [1.54, 1.807) is 25.6 Å². The van der Waals surface area contributed by atoms with Crippen molar-refractivity contribution in [3.05, 3.63) is 28.6 Å². The molecule has 0 bridgehead atoms. The van der Waals surface area contributed by atoms with Gasteiger partial charge in [-0.3, -0.25) is 0 Å². The average Bonchev–Trinajstić information content (AvgIpc) is 2.88. The summed E-state index contributed by atoms with van der Waals surface area (Å²) >= 11 is 1.62. The van der Waals surface area contributed by atoms with Gasteiger partial charge in [-0.1, -0.05) is 17.4 Å². The van der Waals surface area contributed by atoms with E-state index in [0.717, 1.165) is 21.4 Å². The van der Waals surface area contributed by atoms with Crippen molar-refractivity contribution in [2.45, 2.75) is 13.5 Å². The number of benzene rings is 1. The number of rotatable bonds is 6. The van der Waals surface area contributed by atoms with Gasteiger partial charge in [0.15, 0.2) is 5.13 Å². The van der Waals surface area contributed by atoms with Crippen LogP contribution in [0.25, 0.3) is 0 Å². The van der Waals surface area contributed by atoms with E-state index in [2.05, 4.69) is 23.3 Å². The Morgan fingerprint density at radius 2 is 2.00 bits per heavy atom. The van der Waals surface area contributed by atoms with Gasteiger partial charge in [0, 0.05) is 14.1 Å². The molecule has 5 nitrogen and oxygen atoms in total. The largest absolute Gasteiger partial charge is 0.495 e. The van der Waals surface area contributed by atoms with Crippen LogP contribution in [0.15, 0.2) is 18.2 Å². The topological polar surface area (TPSA) is 46.6 Å². The molecular weight excluding hydrogens is 286 g/mol. The number of nitrogens with one attached hydrogen (secondary N) is 1. The molecule has 0 saturated heterocycles. The van der Waals surface area contributed by atoms with Crippen molar-refractivity contribution < 1.29 is 9.47 Å². The van der Waals surface area contributed by atoms with Crippen molar-refractivity contribution in [1.29, 1.82) is 0 Å². The summed E-state index contributed by atoms with van der Waals surface area (Å²) < 4.78 is 10.7. The van der Waals surface area contributed by atoms with Crippen LogP contribution in [-0.2, 0) is 6.54 Å². The third-order valence-corrected chi connectivity index (χ3v) is 4.22. The van der Waals surface area contributed by atoms with E-state index in [1.165, 1.54) is 5.56 Å². The molecule has 0 atom stereocenters. The zero-order valence-corrected chi connectivity index (χ0v) is 13.9. The lowest BCUT2D eigenvalue weighted by molar-refractivity contribution is 0.397. The van der Waals surface area contributed by atoms with E-state index in [1.807, 2.05) is 31.1 Å². The van der Waals surface area contributed by atoms with Crippen LogP contribution < -0.4 is 19.7 Å². The van der Waals surface area contributed by atoms with Crippen LogP contribution in [0.5, 0.6) is 11.6 Å². The van der Waals surface area contributed by atoms with Crippen molar-refractivity contribution in [3.63, 3.8) is 0 Å². The third kappa shape index (κ3) is 3.58. The number of anilines is 2. The summed E-state index contributed by atoms with van der Waals surface area (Å²) in [5.74, 6) is 1.50. The first-order valence-electron chi connectivity index (χ1n) is 6.64. The molecule has 2 rings (SSSR count). The Morgan fingerprint density at radius 3 is 2.62 bits per heavy atom. The normalized spacial score (nSPS) is 10.3. The van der Waals surface area contributed by atoms with E-state index in [4.69, 9.17) is 9.47 Å². The van der Waals surface area contributed by atoms with Crippen molar-refractivity contribution in [2.24, 2.45) is 0 Å². The minimum atomic E-state index is 0.647. The van der Waals surface area contributed by atoms with Gasteiger partial charge < -0.3 is 19.7 Å². The Bertz CT molecular complexity index is 611. The lowest BCUT2D eigenvalue weighted by Crippen LogP contribution is -2.07. The molecule has 114 valence electrons. The van der Waals surface area contributed by atoms with Gasteiger partial charge in [-0.15, -0.1) is 0 Å². The minimum absolute atomic E-state index is 0.647. The molecule has 0 saturated carbocycles. The van der Waals surface area contributed by atoms with Crippen LogP contribution in [0.4, 0.5) is 10.8 Å². The summed E-state index contributed by atoms with van der Waals surface area (Å²) in [5, 5.41) is 4.33. The van der Waals surface area contributed by atoms with Gasteiger partial charge in [-0.2, -0.15) is 4.98 Å². The molecule has 0 unspecified atom stereocenters. The number of ether oxygens (including phenoxy) is 2. The number of methoxy groups -OCH3 is 2. The molecule has 0 fully saturated rings. The van der Waals surface area contributed by atoms with Gasteiger partial charge in [0.1, 0.15) is 5.75 Å². The molecule has 0 aliphatic heterocycles. The van der Waals surface area contributed by atoms with Crippen LogP contribution in [0.3, 0.4) is 0 Å². The van der Waals surface area contributed by atoms with Gasteiger partial charge in [0.2, 0.25) is 5.88 Å². The summed E-state index contributed by atoms with van der Waals surface area (Å²) in [6.45, 7) is 2.70. The maximum Gasteiger partial charge on any atom is 0.231 e. The maximum absolute atomic E-state index is 5.37. The zero-order valence-electron chi connectivity index (χ0n) is 13.1. The van der Waals surface area contributed by atoms with Crippen molar-refractivity contribution >= 4 is 22.2 Å². The van der Waals surface area contributed by atoms with Crippen molar-refractivity contribution in [1.82, 2.24) is 4.98 Å². The Morgan fingerprint density at radius 1 is 1.24 bits per heavy atom. The Kier molecular flexibility index (Phi) is 4.90. The molecule has 2 aromatic rings. The summed E-state index contributed by atoms with van der Waals surface area (Å²) in [5.41, 5.74) is 2.16. The predicted molar refractivity (Wildman–Crippen MR) is 88.1 cm³/mol. The monoisotopic (exact) mass is 307 g/mol. The summed E-state index contributed by atoms with van der Waals surface area (Å²) in [6.07, 6.45) is 0. The van der Waals surface area contributed by atoms with E-state index < -0.39 is 0 Å². The summed E-state index contributed by atoms with van der Waals surface area (Å²) in [4.78, 5) is 7.49. The number of nitrogens with zero attached hydrogens (tertiary/aromatic N) is 2. The highest BCUT2D eigenvalue weighted by Crippen LogP contribution is 2.32. The van der Waals surface area contributed by atoms with Crippen molar-refractivity contribution in [2.75, 3.05) is 38.5 Å². The first-order chi connectivity index (χ1) is 10.0.